The van der Waals surface area contributed by atoms with E-state index in [1.165, 1.54) is 35.6 Å². The van der Waals surface area contributed by atoms with Crippen molar-refractivity contribution in [1.29, 1.82) is 0 Å². The SMILES string of the molecule is Fc1ccc(CCNc2nc3ccc(F)cc3s2)cc1. The van der Waals surface area contributed by atoms with Gasteiger partial charge in [0, 0.05) is 6.54 Å². The molecule has 0 saturated heterocycles. The maximum atomic E-state index is 13.1. The molecule has 0 radical (unpaired) electrons. The maximum Gasteiger partial charge on any atom is 0.183 e. The summed E-state index contributed by atoms with van der Waals surface area (Å²) in [4.78, 5) is 4.38. The number of benzene rings is 2. The molecule has 0 aliphatic heterocycles. The van der Waals surface area contributed by atoms with Crippen molar-refractivity contribution in [2.75, 3.05) is 11.9 Å². The third-order valence-electron chi connectivity index (χ3n) is 2.95. The molecule has 0 saturated carbocycles. The summed E-state index contributed by atoms with van der Waals surface area (Å²) in [5, 5.41) is 3.98. The molecule has 2 aromatic carbocycles. The second kappa shape index (κ2) is 5.54. The van der Waals surface area contributed by atoms with Gasteiger partial charge < -0.3 is 5.32 Å². The molecule has 2 nitrogen and oxygen atoms in total. The number of halogens is 2. The van der Waals surface area contributed by atoms with Gasteiger partial charge >= 0.3 is 0 Å². The largest absolute Gasteiger partial charge is 0.361 e. The third kappa shape index (κ3) is 2.93. The molecule has 0 aliphatic carbocycles. The summed E-state index contributed by atoms with van der Waals surface area (Å²) in [5.74, 6) is -0.478. The van der Waals surface area contributed by atoms with Crippen LogP contribution >= 0.6 is 11.3 Å². The smallest absolute Gasteiger partial charge is 0.183 e. The molecule has 0 bridgehead atoms. The highest BCUT2D eigenvalue weighted by Crippen LogP contribution is 2.26. The van der Waals surface area contributed by atoms with E-state index in [-0.39, 0.29) is 11.6 Å². The molecule has 0 fully saturated rings. The molecule has 5 heteroatoms. The molecule has 102 valence electrons. The highest BCUT2D eigenvalue weighted by Gasteiger charge is 2.04. The van der Waals surface area contributed by atoms with Crippen molar-refractivity contribution < 1.29 is 8.78 Å². The van der Waals surface area contributed by atoms with E-state index in [4.69, 9.17) is 0 Å². The number of rotatable bonds is 4. The highest BCUT2D eigenvalue weighted by molar-refractivity contribution is 7.22. The van der Waals surface area contributed by atoms with Crippen LogP contribution in [0.3, 0.4) is 0 Å². The van der Waals surface area contributed by atoms with E-state index >= 15 is 0 Å². The van der Waals surface area contributed by atoms with E-state index in [1.54, 1.807) is 18.2 Å². The molecular weight excluding hydrogens is 278 g/mol. The van der Waals surface area contributed by atoms with E-state index < -0.39 is 0 Å². The number of hydrogen-bond donors (Lipinski definition) is 1. The molecule has 3 aromatic rings. The van der Waals surface area contributed by atoms with Crippen LogP contribution in [-0.4, -0.2) is 11.5 Å². The van der Waals surface area contributed by atoms with Crippen molar-refractivity contribution in [1.82, 2.24) is 4.98 Å². The van der Waals surface area contributed by atoms with E-state index in [1.807, 2.05) is 0 Å². The fraction of sp³-hybridized carbons (Fsp3) is 0.133. The first kappa shape index (κ1) is 13.0. The van der Waals surface area contributed by atoms with Gasteiger partial charge in [-0.05, 0) is 42.3 Å². The van der Waals surface area contributed by atoms with Crippen LogP contribution in [0.25, 0.3) is 10.2 Å². The number of aromatic nitrogens is 1. The molecule has 1 aromatic heterocycles. The van der Waals surface area contributed by atoms with Crippen molar-refractivity contribution in [3.8, 4) is 0 Å². The molecule has 1 N–H and O–H groups in total. The highest BCUT2D eigenvalue weighted by atomic mass is 32.1. The van der Waals surface area contributed by atoms with E-state index in [0.717, 1.165) is 27.3 Å². The first-order valence-corrected chi connectivity index (χ1v) is 7.07. The van der Waals surface area contributed by atoms with Crippen molar-refractivity contribution in [2.45, 2.75) is 6.42 Å². The molecule has 0 unspecified atom stereocenters. The van der Waals surface area contributed by atoms with Gasteiger partial charge in [0.1, 0.15) is 11.6 Å². The lowest BCUT2D eigenvalue weighted by Crippen LogP contribution is -2.04. The topological polar surface area (TPSA) is 24.9 Å². The number of nitrogens with one attached hydrogen (secondary N) is 1. The van der Waals surface area contributed by atoms with Crippen LogP contribution in [0.5, 0.6) is 0 Å². The van der Waals surface area contributed by atoms with Crippen LogP contribution in [0.15, 0.2) is 42.5 Å². The average Bonchev–Trinajstić information content (AvgIpc) is 2.83. The Labute approximate surface area is 119 Å². The predicted octanol–water partition coefficient (Wildman–Crippen LogP) is 4.23. The fourth-order valence-corrected chi connectivity index (χ4v) is 2.86. The zero-order valence-electron chi connectivity index (χ0n) is 10.6. The predicted molar refractivity (Wildman–Crippen MR) is 78.2 cm³/mol. The van der Waals surface area contributed by atoms with Crippen LogP contribution in [-0.2, 0) is 6.42 Å². The Hall–Kier alpha value is -2.01. The molecule has 20 heavy (non-hydrogen) atoms. The number of nitrogens with zero attached hydrogens (tertiary/aromatic N) is 1. The second-order valence-corrected chi connectivity index (χ2v) is 5.46. The Balaban J connectivity index is 1.63. The lowest BCUT2D eigenvalue weighted by Gasteiger charge is -2.02. The Bertz CT molecular complexity index is 722. The van der Waals surface area contributed by atoms with Gasteiger partial charge in [-0.15, -0.1) is 0 Å². The Kier molecular flexibility index (Phi) is 3.60. The van der Waals surface area contributed by atoms with Crippen molar-refractivity contribution in [2.24, 2.45) is 0 Å². The van der Waals surface area contributed by atoms with Gasteiger partial charge in [0.25, 0.3) is 0 Å². The second-order valence-electron chi connectivity index (χ2n) is 4.43. The van der Waals surface area contributed by atoms with Crippen LogP contribution < -0.4 is 5.32 Å². The molecule has 0 amide bonds. The van der Waals surface area contributed by atoms with Crippen molar-refractivity contribution in [3.63, 3.8) is 0 Å². The van der Waals surface area contributed by atoms with E-state index in [0.29, 0.717) is 6.54 Å². The molecule has 3 rings (SSSR count). The van der Waals surface area contributed by atoms with Crippen molar-refractivity contribution >= 4 is 26.7 Å². The van der Waals surface area contributed by atoms with Gasteiger partial charge in [0.05, 0.1) is 10.2 Å². The number of thiazole rings is 1. The monoisotopic (exact) mass is 290 g/mol. The summed E-state index contributed by atoms with van der Waals surface area (Å²) in [6, 6.07) is 11.0. The first-order chi connectivity index (χ1) is 9.70. The van der Waals surface area contributed by atoms with E-state index in [9.17, 15) is 8.78 Å². The molecule has 0 atom stereocenters. The van der Waals surface area contributed by atoms with Crippen LogP contribution in [0, 0.1) is 11.6 Å². The Morgan fingerprint density at radius 3 is 2.55 bits per heavy atom. The van der Waals surface area contributed by atoms with Crippen LogP contribution in [0.2, 0.25) is 0 Å². The summed E-state index contributed by atoms with van der Waals surface area (Å²) in [5.41, 5.74) is 1.85. The number of anilines is 1. The minimum absolute atomic E-state index is 0.227. The van der Waals surface area contributed by atoms with Crippen LogP contribution in [0.4, 0.5) is 13.9 Å². The number of hydrogen-bond acceptors (Lipinski definition) is 3. The normalized spacial score (nSPS) is 10.9. The van der Waals surface area contributed by atoms with Gasteiger partial charge in [0.2, 0.25) is 0 Å². The summed E-state index contributed by atoms with van der Waals surface area (Å²) < 4.78 is 26.7. The summed E-state index contributed by atoms with van der Waals surface area (Å²) in [6.45, 7) is 0.702. The van der Waals surface area contributed by atoms with Gasteiger partial charge in [-0.1, -0.05) is 23.5 Å². The molecule has 0 aliphatic rings. The molecular formula is C15H12F2N2S. The standard InChI is InChI=1S/C15H12F2N2S/c16-11-3-1-10(2-4-11)7-8-18-15-19-13-6-5-12(17)9-14(13)20-15/h1-6,9H,7-8H2,(H,18,19). The van der Waals surface area contributed by atoms with Gasteiger partial charge in [0.15, 0.2) is 5.13 Å². The Morgan fingerprint density at radius 1 is 1.00 bits per heavy atom. The first-order valence-electron chi connectivity index (χ1n) is 6.25. The molecule has 0 spiro atoms. The maximum absolute atomic E-state index is 13.1. The number of fused-ring (bicyclic) bond motifs is 1. The van der Waals surface area contributed by atoms with Gasteiger partial charge in [-0.25, -0.2) is 13.8 Å². The van der Waals surface area contributed by atoms with Crippen molar-refractivity contribution in [3.05, 3.63) is 59.7 Å². The minimum atomic E-state index is -0.251. The summed E-state index contributed by atoms with van der Waals surface area (Å²) in [7, 11) is 0. The lowest BCUT2D eigenvalue weighted by atomic mass is 10.1. The summed E-state index contributed by atoms with van der Waals surface area (Å²) in [6.07, 6.45) is 0.782. The zero-order chi connectivity index (χ0) is 13.9. The fourth-order valence-electron chi connectivity index (χ4n) is 1.94. The summed E-state index contributed by atoms with van der Waals surface area (Å²) >= 11 is 1.43. The minimum Gasteiger partial charge on any atom is -0.361 e. The van der Waals surface area contributed by atoms with E-state index in [2.05, 4.69) is 10.3 Å². The van der Waals surface area contributed by atoms with Gasteiger partial charge in [-0.2, -0.15) is 0 Å². The van der Waals surface area contributed by atoms with Crippen LogP contribution in [0.1, 0.15) is 5.56 Å². The molecule has 1 heterocycles. The third-order valence-corrected chi connectivity index (χ3v) is 3.93. The Morgan fingerprint density at radius 2 is 1.75 bits per heavy atom. The lowest BCUT2D eigenvalue weighted by molar-refractivity contribution is 0.627. The zero-order valence-corrected chi connectivity index (χ0v) is 11.4. The quantitative estimate of drug-likeness (QED) is 0.778. The van der Waals surface area contributed by atoms with Gasteiger partial charge in [-0.3, -0.25) is 0 Å². The average molecular weight is 290 g/mol.